The van der Waals surface area contributed by atoms with Crippen molar-refractivity contribution < 1.29 is 18.9 Å². The van der Waals surface area contributed by atoms with E-state index in [2.05, 4.69) is 5.32 Å². The lowest BCUT2D eigenvalue weighted by molar-refractivity contribution is -0.415. The molecule has 2 heterocycles. The molecular weight excluding hydrogens is 366 g/mol. The van der Waals surface area contributed by atoms with Crippen molar-refractivity contribution in [2.45, 2.75) is 0 Å². The van der Waals surface area contributed by atoms with Crippen LogP contribution in [0.15, 0.2) is 60.5 Å². The van der Waals surface area contributed by atoms with Gasteiger partial charge >= 0.3 is 11.9 Å². The minimum Gasteiger partial charge on any atom is -0.408 e. The number of carbonyl (C=O) groups excluding carboxylic acids is 2. The van der Waals surface area contributed by atoms with Gasteiger partial charge in [-0.15, -0.1) is 0 Å². The Morgan fingerprint density at radius 2 is 1.74 bits per heavy atom. The summed E-state index contributed by atoms with van der Waals surface area (Å²) in [6.45, 7) is 0. The lowest BCUT2D eigenvalue weighted by Crippen LogP contribution is -2.51. The van der Waals surface area contributed by atoms with Crippen LogP contribution in [0.4, 0.5) is 10.5 Å². The number of para-hydroxylation sites is 1. The molecule has 0 aromatic heterocycles. The molecule has 2 aliphatic rings. The fraction of sp³-hybridized carbons (Fsp3) is 0.150. The maximum absolute atomic E-state index is 12.9. The molecule has 2 aromatic rings. The highest BCUT2D eigenvalue weighted by molar-refractivity contribution is 6.33. The number of anilines is 1. The minimum absolute atomic E-state index is 0.274. The van der Waals surface area contributed by atoms with Crippen LogP contribution >= 0.6 is 11.6 Å². The van der Waals surface area contributed by atoms with E-state index in [1.807, 2.05) is 48.5 Å². The quantitative estimate of drug-likeness (QED) is 0.826. The monoisotopic (exact) mass is 382 g/mol. The van der Waals surface area contributed by atoms with Gasteiger partial charge in [-0.3, -0.25) is 0 Å². The molecule has 0 saturated carbocycles. The standard InChI is InChI=1S/C20H17ClN3O3/c1-23-18(25)16-15(13-10-6-7-11-14(13)21)17(22-12-8-4-3-5-9-12)27-19(16)24(2)20(23)26/h3-11,16,22H,1-2H3/q+1. The highest BCUT2D eigenvalue weighted by Crippen LogP contribution is 2.41. The molecule has 0 saturated heterocycles. The predicted octanol–water partition coefficient (Wildman–Crippen LogP) is 3.40. The van der Waals surface area contributed by atoms with Crippen molar-refractivity contribution in [1.29, 1.82) is 0 Å². The van der Waals surface area contributed by atoms with Crippen molar-refractivity contribution in [1.82, 2.24) is 4.90 Å². The average Bonchev–Trinajstić information content (AvgIpc) is 3.05. The summed E-state index contributed by atoms with van der Waals surface area (Å²) in [4.78, 5) is 26.3. The number of hydrogen-bond donors (Lipinski definition) is 1. The number of halogens is 1. The first kappa shape index (κ1) is 17.3. The van der Waals surface area contributed by atoms with Crippen LogP contribution < -0.4 is 5.32 Å². The molecule has 0 bridgehead atoms. The van der Waals surface area contributed by atoms with Gasteiger partial charge in [0.2, 0.25) is 5.88 Å². The Morgan fingerprint density at radius 3 is 2.44 bits per heavy atom. The van der Waals surface area contributed by atoms with E-state index in [1.165, 1.54) is 11.6 Å². The molecule has 4 rings (SSSR count). The predicted molar refractivity (Wildman–Crippen MR) is 102 cm³/mol. The van der Waals surface area contributed by atoms with E-state index in [-0.39, 0.29) is 11.8 Å². The SMILES string of the molecule is CN1C(=O)C2C(c3ccccc3Cl)=C(Nc3ccccc3)OC2=[N+](C)C1=O. The van der Waals surface area contributed by atoms with Crippen LogP contribution in [-0.2, 0) is 9.53 Å². The molecule has 1 atom stereocenters. The van der Waals surface area contributed by atoms with Gasteiger partial charge in [0.15, 0.2) is 5.92 Å². The molecule has 0 spiro atoms. The highest BCUT2D eigenvalue weighted by atomic mass is 35.5. The lowest BCUT2D eigenvalue weighted by Gasteiger charge is -2.20. The summed E-state index contributed by atoms with van der Waals surface area (Å²) in [5.74, 6) is -0.439. The molecule has 3 amide bonds. The average molecular weight is 383 g/mol. The Kier molecular flexibility index (Phi) is 4.20. The van der Waals surface area contributed by atoms with E-state index in [9.17, 15) is 9.59 Å². The third-order valence-corrected chi connectivity index (χ3v) is 4.99. The van der Waals surface area contributed by atoms with Gasteiger partial charge in [0.25, 0.3) is 5.90 Å². The van der Waals surface area contributed by atoms with Gasteiger partial charge in [0.1, 0.15) is 0 Å². The second-order valence-corrected chi connectivity index (χ2v) is 6.73. The third kappa shape index (κ3) is 2.78. The van der Waals surface area contributed by atoms with Crippen molar-refractivity contribution in [3.63, 3.8) is 0 Å². The maximum atomic E-state index is 12.9. The van der Waals surface area contributed by atoms with Crippen molar-refractivity contribution in [3.05, 3.63) is 71.1 Å². The molecular formula is C20H17ClN3O3+. The summed E-state index contributed by atoms with van der Waals surface area (Å²) in [7, 11) is 3.05. The van der Waals surface area contributed by atoms with Gasteiger partial charge in [-0.1, -0.05) is 48.0 Å². The highest BCUT2D eigenvalue weighted by Gasteiger charge is 2.53. The molecule has 0 radical (unpaired) electrons. The molecule has 7 heteroatoms. The Balaban J connectivity index is 1.91. The van der Waals surface area contributed by atoms with Gasteiger partial charge in [-0.05, 0) is 18.2 Å². The smallest absolute Gasteiger partial charge is 0.408 e. The largest absolute Gasteiger partial charge is 0.502 e. The van der Waals surface area contributed by atoms with Gasteiger partial charge < -0.3 is 10.1 Å². The number of urea groups is 1. The number of ether oxygens (including phenoxy) is 1. The Labute approximate surface area is 161 Å². The number of nitrogens with zero attached hydrogens (tertiary/aromatic N) is 2. The first-order valence-corrected chi connectivity index (χ1v) is 8.78. The fourth-order valence-electron chi connectivity index (χ4n) is 3.27. The molecule has 0 aliphatic carbocycles. The van der Waals surface area contributed by atoms with Gasteiger partial charge in [-0.2, -0.15) is 14.3 Å². The number of nitrogens with one attached hydrogen (secondary N) is 1. The Hall–Kier alpha value is -3.12. The summed E-state index contributed by atoms with van der Waals surface area (Å²) in [5.41, 5.74) is 2.09. The summed E-state index contributed by atoms with van der Waals surface area (Å²) in [5, 5.41) is 3.71. The number of imide groups is 1. The zero-order chi connectivity index (χ0) is 19.1. The zero-order valence-corrected chi connectivity index (χ0v) is 15.5. The van der Waals surface area contributed by atoms with E-state index in [1.54, 1.807) is 13.1 Å². The van der Waals surface area contributed by atoms with Crippen molar-refractivity contribution >= 4 is 40.7 Å². The van der Waals surface area contributed by atoms with E-state index < -0.39 is 11.9 Å². The Morgan fingerprint density at radius 1 is 1.07 bits per heavy atom. The number of rotatable bonds is 3. The molecule has 27 heavy (non-hydrogen) atoms. The number of carbonyl (C=O) groups is 2. The summed E-state index contributed by atoms with van der Waals surface area (Å²) in [6.07, 6.45) is 0. The van der Waals surface area contributed by atoms with Crippen LogP contribution in [-0.4, -0.2) is 41.4 Å². The third-order valence-electron chi connectivity index (χ3n) is 4.66. The normalized spacial score (nSPS) is 19.4. The number of amides is 3. The maximum Gasteiger partial charge on any atom is 0.502 e. The number of fused-ring (bicyclic) bond motifs is 1. The van der Waals surface area contributed by atoms with Crippen molar-refractivity contribution in [2.75, 3.05) is 19.4 Å². The van der Waals surface area contributed by atoms with Crippen molar-refractivity contribution in [2.24, 2.45) is 5.92 Å². The first-order valence-electron chi connectivity index (χ1n) is 8.40. The number of benzene rings is 2. The number of hydrogen-bond acceptors (Lipinski definition) is 4. The van der Waals surface area contributed by atoms with Crippen LogP contribution in [0.5, 0.6) is 0 Å². The molecule has 1 unspecified atom stereocenters. The molecule has 2 aliphatic heterocycles. The van der Waals surface area contributed by atoms with E-state index in [0.717, 1.165) is 10.6 Å². The van der Waals surface area contributed by atoms with Gasteiger partial charge in [0, 0.05) is 21.8 Å². The van der Waals surface area contributed by atoms with Crippen molar-refractivity contribution in [3.8, 4) is 0 Å². The summed E-state index contributed by atoms with van der Waals surface area (Å²) >= 11 is 6.42. The first-order chi connectivity index (χ1) is 13.0. The van der Waals surface area contributed by atoms with Crippen LogP contribution in [0.3, 0.4) is 0 Å². The van der Waals surface area contributed by atoms with Crippen LogP contribution in [0.25, 0.3) is 5.57 Å². The van der Waals surface area contributed by atoms with E-state index in [4.69, 9.17) is 16.3 Å². The molecule has 136 valence electrons. The zero-order valence-electron chi connectivity index (χ0n) is 14.8. The Bertz CT molecular complexity index is 1010. The van der Waals surface area contributed by atoms with Gasteiger partial charge in [-0.25, -0.2) is 4.79 Å². The van der Waals surface area contributed by atoms with Crippen LogP contribution in [0.1, 0.15) is 5.56 Å². The van der Waals surface area contributed by atoms with Crippen LogP contribution in [0, 0.1) is 5.92 Å². The molecule has 0 fully saturated rings. The fourth-order valence-corrected chi connectivity index (χ4v) is 3.51. The lowest BCUT2D eigenvalue weighted by atomic mass is 9.91. The van der Waals surface area contributed by atoms with Crippen LogP contribution in [0.2, 0.25) is 5.02 Å². The second kappa shape index (κ2) is 6.55. The van der Waals surface area contributed by atoms with E-state index in [0.29, 0.717) is 22.0 Å². The molecule has 2 aromatic carbocycles. The minimum atomic E-state index is -0.746. The van der Waals surface area contributed by atoms with Gasteiger partial charge in [0.05, 0.1) is 14.1 Å². The molecule has 1 N–H and O–H groups in total. The molecule has 6 nitrogen and oxygen atoms in total. The second-order valence-electron chi connectivity index (χ2n) is 6.33. The summed E-state index contributed by atoms with van der Waals surface area (Å²) < 4.78 is 7.33. The van der Waals surface area contributed by atoms with E-state index >= 15 is 0 Å². The summed E-state index contributed by atoms with van der Waals surface area (Å²) in [6, 6.07) is 16.3. The topological polar surface area (TPSA) is 61.7 Å².